The zero-order chi connectivity index (χ0) is 35.7. The fraction of sp³-hybridized carbons (Fsp3) is 0.257. The number of benzene rings is 2. The molecule has 0 saturated heterocycles. The Morgan fingerprint density at radius 3 is 2.61 bits per heavy atom. The zero-order valence-corrected chi connectivity index (χ0v) is 28.4. The van der Waals surface area contributed by atoms with Crippen molar-refractivity contribution in [1.82, 2.24) is 24.9 Å². The van der Waals surface area contributed by atoms with Crippen molar-refractivity contribution in [3.8, 4) is 0 Å². The number of hydrogen-bond acceptors (Lipinski definition) is 12. The van der Waals surface area contributed by atoms with Crippen molar-refractivity contribution >= 4 is 47.4 Å². The molecule has 0 unspecified atom stereocenters. The normalized spacial score (nSPS) is 14.5. The molecule has 2 aliphatic rings. The summed E-state index contributed by atoms with van der Waals surface area (Å²) in [6, 6.07) is 10.5. The number of hydrogen-bond donors (Lipinski definition) is 4. The fourth-order valence-electron chi connectivity index (χ4n) is 6.42. The molecular weight excluding hydrogens is 680 g/mol. The molecular formula is C35H35ClN8O7. The Kier molecular flexibility index (Phi) is 10.6. The summed E-state index contributed by atoms with van der Waals surface area (Å²) in [4.78, 5) is 68.9. The van der Waals surface area contributed by atoms with Crippen LogP contribution in [-0.2, 0) is 30.7 Å². The highest BCUT2D eigenvalue weighted by Gasteiger charge is 2.30. The van der Waals surface area contributed by atoms with Crippen LogP contribution < -0.4 is 32.5 Å². The number of halogens is 1. The minimum absolute atomic E-state index is 0. The number of nitrogen functional groups attached to an aromatic ring is 1. The van der Waals surface area contributed by atoms with Gasteiger partial charge in [-0.15, -0.1) is 12.4 Å². The van der Waals surface area contributed by atoms with E-state index in [2.05, 4.69) is 39.1 Å². The van der Waals surface area contributed by atoms with Crippen LogP contribution in [0.1, 0.15) is 77.2 Å². The molecule has 1 amide bonds. The summed E-state index contributed by atoms with van der Waals surface area (Å²) < 4.78 is 6.33. The van der Waals surface area contributed by atoms with Crippen molar-refractivity contribution in [2.45, 2.75) is 45.3 Å². The van der Waals surface area contributed by atoms with Gasteiger partial charge in [0, 0.05) is 25.7 Å². The number of anilines is 2. The smallest absolute Gasteiger partial charge is 0.354 e. The number of carbonyl (C=O) groups excluding carboxylic acids is 2. The second-order valence-electron chi connectivity index (χ2n) is 12.0. The van der Waals surface area contributed by atoms with Crippen molar-refractivity contribution in [2.24, 2.45) is 5.73 Å². The van der Waals surface area contributed by atoms with E-state index in [1.165, 1.54) is 28.5 Å². The summed E-state index contributed by atoms with van der Waals surface area (Å²) in [5.41, 5.74) is 17.1. The number of nitrogens with two attached hydrogens (primary N) is 2. The first-order chi connectivity index (χ1) is 24.0. The second kappa shape index (κ2) is 14.9. The summed E-state index contributed by atoms with van der Waals surface area (Å²) in [6.07, 6.45) is 4.88. The summed E-state index contributed by atoms with van der Waals surface area (Å²) in [5, 5.41) is 16.2. The molecule has 6 N–H and O–H groups in total. The van der Waals surface area contributed by atoms with E-state index in [4.69, 9.17) is 16.2 Å². The van der Waals surface area contributed by atoms with E-state index in [9.17, 15) is 29.1 Å². The molecule has 2 aromatic heterocycles. The molecule has 264 valence electrons. The standard InChI is InChI=1S/C21H19N5O5.C14H15N3O2.ClH/c1-3-8-31-20(30)13-4-5-14-12(11(13)2)6-7-15(14)24-18(27)17-9-16(19(28)29)25-21-22-10-23-26(17)21;15-6-8-1-2-9-3-4-17(7-10(9)5-8)12-11(16)13(18)14(12)19;/h3-5,9-10,15H,1,6-8H2,2H3,(H,24,27)(H,28,29);1-2,5H,3-4,6-7,15-16H2;1H/t15-;;/m0../s1. The van der Waals surface area contributed by atoms with Crippen LogP contribution in [0.2, 0.25) is 0 Å². The van der Waals surface area contributed by atoms with Crippen LogP contribution in [0.5, 0.6) is 0 Å². The number of nitrogens with one attached hydrogen (secondary N) is 1. The molecule has 1 aliphatic heterocycles. The highest BCUT2D eigenvalue weighted by molar-refractivity contribution is 5.96. The first-order valence-electron chi connectivity index (χ1n) is 15.8. The second-order valence-corrected chi connectivity index (χ2v) is 12.0. The number of aromatic carboxylic acids is 1. The van der Waals surface area contributed by atoms with Crippen molar-refractivity contribution < 1.29 is 24.2 Å². The van der Waals surface area contributed by atoms with Gasteiger partial charge in [-0.2, -0.15) is 14.6 Å². The van der Waals surface area contributed by atoms with Gasteiger partial charge >= 0.3 is 11.9 Å². The van der Waals surface area contributed by atoms with Gasteiger partial charge < -0.3 is 31.5 Å². The van der Waals surface area contributed by atoms with Gasteiger partial charge in [-0.1, -0.05) is 36.9 Å². The van der Waals surface area contributed by atoms with Crippen molar-refractivity contribution in [3.05, 3.63) is 126 Å². The Morgan fingerprint density at radius 1 is 1.12 bits per heavy atom. The molecule has 7 rings (SSSR count). The third-order valence-corrected chi connectivity index (χ3v) is 9.01. The third-order valence-electron chi connectivity index (χ3n) is 9.01. The Labute approximate surface area is 297 Å². The molecule has 1 atom stereocenters. The van der Waals surface area contributed by atoms with Crippen molar-refractivity contribution in [2.75, 3.05) is 23.8 Å². The number of esters is 1. The van der Waals surface area contributed by atoms with E-state index in [0.717, 1.165) is 34.2 Å². The van der Waals surface area contributed by atoms with Crippen LogP contribution >= 0.6 is 12.4 Å². The summed E-state index contributed by atoms with van der Waals surface area (Å²) >= 11 is 0. The van der Waals surface area contributed by atoms with Crippen LogP contribution in [0.25, 0.3) is 5.78 Å². The van der Waals surface area contributed by atoms with E-state index in [1.807, 2.05) is 24.0 Å². The molecule has 0 bridgehead atoms. The molecule has 0 fully saturated rings. The van der Waals surface area contributed by atoms with Crippen LogP contribution in [0.3, 0.4) is 0 Å². The van der Waals surface area contributed by atoms with Gasteiger partial charge in [0.2, 0.25) is 0 Å². The van der Waals surface area contributed by atoms with Crippen LogP contribution in [0.4, 0.5) is 11.4 Å². The molecule has 15 nitrogen and oxygen atoms in total. The Bertz CT molecular complexity index is 2260. The molecule has 3 heterocycles. The average Bonchev–Trinajstić information content (AvgIpc) is 3.77. The Morgan fingerprint density at radius 2 is 1.90 bits per heavy atom. The van der Waals surface area contributed by atoms with Gasteiger partial charge in [0.25, 0.3) is 22.5 Å². The molecule has 1 aliphatic carbocycles. The van der Waals surface area contributed by atoms with Crippen LogP contribution in [0.15, 0.2) is 65.0 Å². The molecule has 51 heavy (non-hydrogen) atoms. The van der Waals surface area contributed by atoms with Crippen molar-refractivity contribution in [3.63, 3.8) is 0 Å². The number of carboxylic acid groups (broad SMARTS) is 1. The van der Waals surface area contributed by atoms with Gasteiger partial charge in [-0.3, -0.25) is 14.4 Å². The maximum absolute atomic E-state index is 13.0. The quantitative estimate of drug-likeness (QED) is 0.103. The third kappa shape index (κ3) is 6.93. The van der Waals surface area contributed by atoms with Gasteiger partial charge in [0.1, 0.15) is 30.0 Å². The zero-order valence-electron chi connectivity index (χ0n) is 27.5. The number of ether oxygens (including phenoxy) is 1. The van der Waals surface area contributed by atoms with Gasteiger partial charge in [-0.25, -0.2) is 14.6 Å². The van der Waals surface area contributed by atoms with Gasteiger partial charge in [0.15, 0.2) is 5.69 Å². The molecule has 0 saturated carbocycles. The van der Waals surface area contributed by atoms with Gasteiger partial charge in [-0.05, 0) is 65.6 Å². The number of amides is 1. The maximum Gasteiger partial charge on any atom is 0.354 e. The summed E-state index contributed by atoms with van der Waals surface area (Å²) in [6.45, 7) is 7.34. The Hall–Kier alpha value is -5.93. The number of carboxylic acids is 1. The minimum atomic E-state index is -1.27. The average molecular weight is 715 g/mol. The lowest BCUT2D eigenvalue weighted by molar-refractivity contribution is 0.0548. The predicted molar refractivity (Wildman–Crippen MR) is 190 cm³/mol. The van der Waals surface area contributed by atoms with E-state index in [1.54, 1.807) is 6.07 Å². The topological polar surface area (TPSA) is 225 Å². The molecule has 16 heteroatoms. The van der Waals surface area contributed by atoms with E-state index >= 15 is 0 Å². The Balaban J connectivity index is 0.000000216. The lowest BCUT2D eigenvalue weighted by Gasteiger charge is -2.31. The molecule has 0 radical (unpaired) electrons. The maximum atomic E-state index is 13.0. The number of aromatic nitrogens is 4. The largest absolute Gasteiger partial charge is 0.477 e. The van der Waals surface area contributed by atoms with Crippen LogP contribution in [-0.4, -0.2) is 55.7 Å². The van der Waals surface area contributed by atoms with Crippen LogP contribution in [0, 0.1) is 6.92 Å². The highest BCUT2D eigenvalue weighted by Crippen LogP contribution is 2.35. The van der Waals surface area contributed by atoms with E-state index in [0.29, 0.717) is 43.7 Å². The van der Waals surface area contributed by atoms with E-state index in [-0.39, 0.29) is 47.9 Å². The fourth-order valence-corrected chi connectivity index (χ4v) is 6.42. The monoisotopic (exact) mass is 714 g/mol. The minimum Gasteiger partial charge on any atom is -0.477 e. The molecule has 3 aromatic carbocycles. The number of carbonyl (C=O) groups is 3. The highest BCUT2D eigenvalue weighted by atomic mass is 35.5. The lowest BCUT2D eigenvalue weighted by atomic mass is 9.96. The van der Waals surface area contributed by atoms with E-state index < -0.39 is 28.7 Å². The molecule has 0 spiro atoms. The lowest BCUT2D eigenvalue weighted by Crippen LogP contribution is -2.44. The molecule has 5 aromatic rings. The van der Waals surface area contributed by atoms with Crippen molar-refractivity contribution in [1.29, 1.82) is 0 Å². The number of rotatable bonds is 8. The SMILES string of the molecule is C=CCOC(=O)c1ccc2c(c1C)CC[C@@H]2NC(=O)c1cc(C(=O)O)nc2ncnn12.Cl.NCc1ccc2c(c1)CN(c1c(N)c(=O)c1=O)CC2. The number of fused-ring (bicyclic) bond motifs is 3. The first-order valence-corrected chi connectivity index (χ1v) is 15.8. The first kappa shape index (κ1) is 36.4. The summed E-state index contributed by atoms with van der Waals surface area (Å²) in [5.74, 6) is -2.16. The van der Waals surface area contributed by atoms with Gasteiger partial charge in [0.05, 0.1) is 11.6 Å². The predicted octanol–water partition coefficient (Wildman–Crippen LogP) is 2.20. The summed E-state index contributed by atoms with van der Waals surface area (Å²) in [7, 11) is 0. The number of nitrogens with zero attached hydrogens (tertiary/aromatic N) is 5.